The molecule has 30 heavy (non-hydrogen) atoms. The van der Waals surface area contributed by atoms with E-state index in [9.17, 15) is 0 Å². The molecule has 0 saturated carbocycles. The average Bonchev–Trinajstić information content (AvgIpc) is 2.77. The number of hydrogen-bond donors (Lipinski definition) is 1. The molecule has 0 heterocycles. The van der Waals surface area contributed by atoms with Gasteiger partial charge >= 0.3 is 0 Å². The predicted octanol–water partition coefficient (Wildman–Crippen LogP) is 6.69. The molecular formula is C25H27Cl2NO2. The molecule has 1 atom stereocenters. The lowest BCUT2D eigenvalue weighted by Gasteiger charge is -2.17. The molecule has 5 heteroatoms. The quantitative estimate of drug-likeness (QED) is 0.378. The number of benzene rings is 3. The Labute approximate surface area is 188 Å². The van der Waals surface area contributed by atoms with Gasteiger partial charge in [0, 0.05) is 23.2 Å². The highest BCUT2D eigenvalue weighted by atomic mass is 35.5. The largest absolute Gasteiger partial charge is 0.493 e. The van der Waals surface area contributed by atoms with Gasteiger partial charge in [-0.25, -0.2) is 0 Å². The van der Waals surface area contributed by atoms with Crippen molar-refractivity contribution in [2.75, 3.05) is 7.11 Å². The Balaban J connectivity index is 1.58. The Morgan fingerprint density at radius 1 is 0.900 bits per heavy atom. The van der Waals surface area contributed by atoms with Gasteiger partial charge < -0.3 is 14.8 Å². The van der Waals surface area contributed by atoms with Gasteiger partial charge in [0.25, 0.3) is 0 Å². The van der Waals surface area contributed by atoms with E-state index in [2.05, 4.69) is 36.5 Å². The third-order valence-corrected chi connectivity index (χ3v) is 5.63. The second-order valence-electron chi connectivity index (χ2n) is 7.30. The van der Waals surface area contributed by atoms with Gasteiger partial charge in [0.1, 0.15) is 6.61 Å². The average molecular weight is 444 g/mol. The van der Waals surface area contributed by atoms with Crippen LogP contribution in [0.1, 0.15) is 30.0 Å². The number of halogens is 2. The second kappa shape index (κ2) is 11.3. The molecule has 0 radical (unpaired) electrons. The lowest BCUT2D eigenvalue weighted by atomic mass is 10.1. The van der Waals surface area contributed by atoms with E-state index in [1.165, 1.54) is 5.56 Å². The van der Waals surface area contributed by atoms with Crippen LogP contribution in [0.2, 0.25) is 10.0 Å². The van der Waals surface area contributed by atoms with Crippen molar-refractivity contribution in [1.29, 1.82) is 0 Å². The second-order valence-corrected chi connectivity index (χ2v) is 8.11. The minimum absolute atomic E-state index is 0.323. The van der Waals surface area contributed by atoms with Crippen LogP contribution in [0.3, 0.4) is 0 Å². The number of nitrogens with one attached hydrogen (secondary N) is 1. The molecule has 0 bridgehead atoms. The minimum Gasteiger partial charge on any atom is -0.493 e. The number of hydrogen-bond acceptors (Lipinski definition) is 3. The normalized spacial score (nSPS) is 11.9. The van der Waals surface area contributed by atoms with E-state index in [0.29, 0.717) is 40.7 Å². The highest BCUT2D eigenvalue weighted by molar-refractivity contribution is 6.32. The van der Waals surface area contributed by atoms with E-state index in [1.807, 2.05) is 42.5 Å². The summed E-state index contributed by atoms with van der Waals surface area (Å²) in [5.41, 5.74) is 3.31. The van der Waals surface area contributed by atoms with E-state index in [4.69, 9.17) is 32.7 Å². The Kier molecular flexibility index (Phi) is 8.44. The number of aryl methyl sites for hydroxylation is 1. The van der Waals surface area contributed by atoms with Gasteiger partial charge in [-0.3, -0.25) is 0 Å². The zero-order valence-corrected chi connectivity index (χ0v) is 18.8. The highest BCUT2D eigenvalue weighted by Crippen LogP contribution is 2.37. The Morgan fingerprint density at radius 3 is 2.37 bits per heavy atom. The molecule has 0 aliphatic rings. The van der Waals surface area contributed by atoms with E-state index < -0.39 is 0 Å². The summed E-state index contributed by atoms with van der Waals surface area (Å²) in [5.74, 6) is 1.14. The van der Waals surface area contributed by atoms with Crippen LogP contribution in [0.4, 0.5) is 0 Å². The predicted molar refractivity (Wildman–Crippen MR) is 125 cm³/mol. The first-order chi connectivity index (χ1) is 14.6. The fourth-order valence-corrected chi connectivity index (χ4v) is 3.68. The molecule has 0 amide bonds. The third-order valence-electron chi connectivity index (χ3n) is 4.98. The fourth-order valence-electron chi connectivity index (χ4n) is 3.20. The maximum Gasteiger partial charge on any atom is 0.180 e. The molecule has 0 aromatic heterocycles. The van der Waals surface area contributed by atoms with E-state index in [0.717, 1.165) is 24.0 Å². The van der Waals surface area contributed by atoms with Crippen molar-refractivity contribution in [2.45, 2.75) is 39.0 Å². The van der Waals surface area contributed by atoms with Crippen LogP contribution in [0.25, 0.3) is 0 Å². The maximum atomic E-state index is 6.51. The van der Waals surface area contributed by atoms with Crippen molar-refractivity contribution in [3.63, 3.8) is 0 Å². The first-order valence-electron chi connectivity index (χ1n) is 10.1. The molecule has 0 fully saturated rings. The van der Waals surface area contributed by atoms with Gasteiger partial charge in [0.2, 0.25) is 0 Å². The van der Waals surface area contributed by atoms with Crippen molar-refractivity contribution in [2.24, 2.45) is 0 Å². The number of methoxy groups -OCH3 is 1. The number of ether oxygens (including phenoxy) is 2. The van der Waals surface area contributed by atoms with E-state index >= 15 is 0 Å². The van der Waals surface area contributed by atoms with Crippen molar-refractivity contribution in [1.82, 2.24) is 5.32 Å². The van der Waals surface area contributed by atoms with Crippen LogP contribution in [-0.4, -0.2) is 13.2 Å². The maximum absolute atomic E-state index is 6.51. The first-order valence-corrected chi connectivity index (χ1v) is 10.8. The zero-order chi connectivity index (χ0) is 21.3. The van der Waals surface area contributed by atoms with E-state index in [-0.39, 0.29) is 0 Å². The molecule has 0 saturated heterocycles. The Morgan fingerprint density at radius 2 is 1.63 bits per heavy atom. The molecule has 3 nitrogen and oxygen atoms in total. The van der Waals surface area contributed by atoms with Crippen LogP contribution in [0, 0.1) is 0 Å². The molecule has 0 aliphatic carbocycles. The minimum atomic E-state index is 0.323. The molecular weight excluding hydrogens is 417 g/mol. The summed E-state index contributed by atoms with van der Waals surface area (Å²) in [7, 11) is 1.62. The lowest BCUT2D eigenvalue weighted by Crippen LogP contribution is -2.26. The van der Waals surface area contributed by atoms with Gasteiger partial charge in [-0.05, 0) is 49.1 Å². The molecule has 0 aliphatic heterocycles. The van der Waals surface area contributed by atoms with Crippen molar-refractivity contribution < 1.29 is 9.47 Å². The molecule has 3 rings (SSSR count). The SMILES string of the molecule is COc1cc(CN[C@@H](C)CCc2ccccc2)cc(Cl)c1OCc1ccccc1Cl. The van der Waals surface area contributed by atoms with Crippen molar-refractivity contribution in [3.05, 3.63) is 93.5 Å². The summed E-state index contributed by atoms with van der Waals surface area (Å²) in [6, 6.07) is 22.4. The molecule has 3 aromatic carbocycles. The summed E-state index contributed by atoms with van der Waals surface area (Å²) in [6.45, 7) is 3.23. The van der Waals surface area contributed by atoms with Crippen LogP contribution in [0.5, 0.6) is 11.5 Å². The smallest absolute Gasteiger partial charge is 0.180 e. The summed E-state index contributed by atoms with van der Waals surface area (Å²) < 4.78 is 11.5. The van der Waals surface area contributed by atoms with Gasteiger partial charge in [-0.15, -0.1) is 0 Å². The van der Waals surface area contributed by atoms with Crippen LogP contribution in [-0.2, 0) is 19.6 Å². The first kappa shape index (κ1) is 22.5. The topological polar surface area (TPSA) is 30.5 Å². The summed E-state index contributed by atoms with van der Waals surface area (Å²) >= 11 is 12.7. The monoisotopic (exact) mass is 443 g/mol. The van der Waals surface area contributed by atoms with Crippen molar-refractivity contribution in [3.8, 4) is 11.5 Å². The molecule has 0 unspecified atom stereocenters. The summed E-state index contributed by atoms with van der Waals surface area (Å²) in [6.07, 6.45) is 2.11. The van der Waals surface area contributed by atoms with Gasteiger partial charge in [0.15, 0.2) is 11.5 Å². The van der Waals surface area contributed by atoms with Gasteiger partial charge in [-0.2, -0.15) is 0 Å². The molecule has 0 spiro atoms. The Hall–Kier alpha value is -2.20. The Bertz CT molecular complexity index is 947. The number of rotatable bonds is 10. The molecule has 3 aromatic rings. The van der Waals surface area contributed by atoms with Crippen LogP contribution < -0.4 is 14.8 Å². The van der Waals surface area contributed by atoms with E-state index in [1.54, 1.807) is 7.11 Å². The summed E-state index contributed by atoms with van der Waals surface area (Å²) in [5, 5.41) is 4.75. The third kappa shape index (κ3) is 6.40. The molecule has 1 N–H and O–H groups in total. The highest BCUT2D eigenvalue weighted by Gasteiger charge is 2.14. The van der Waals surface area contributed by atoms with Gasteiger partial charge in [-0.1, -0.05) is 71.7 Å². The standard InChI is InChI=1S/C25H27Cl2NO2/c1-18(12-13-19-8-4-3-5-9-19)28-16-20-14-23(27)25(24(15-20)29-2)30-17-21-10-6-7-11-22(21)26/h3-11,14-15,18,28H,12-13,16-17H2,1-2H3/t18-/m0/s1. The van der Waals surface area contributed by atoms with Crippen LogP contribution in [0.15, 0.2) is 66.7 Å². The van der Waals surface area contributed by atoms with Crippen molar-refractivity contribution >= 4 is 23.2 Å². The zero-order valence-electron chi connectivity index (χ0n) is 17.3. The summed E-state index contributed by atoms with van der Waals surface area (Å²) in [4.78, 5) is 0. The fraction of sp³-hybridized carbons (Fsp3) is 0.280. The van der Waals surface area contributed by atoms with Gasteiger partial charge in [0.05, 0.1) is 12.1 Å². The lowest BCUT2D eigenvalue weighted by molar-refractivity contribution is 0.284. The molecule has 158 valence electrons. The van der Waals surface area contributed by atoms with Crippen LogP contribution >= 0.6 is 23.2 Å².